The predicted octanol–water partition coefficient (Wildman–Crippen LogP) is 5.17. The van der Waals surface area contributed by atoms with Crippen molar-refractivity contribution in [2.45, 2.75) is 31.6 Å². The Hall–Kier alpha value is -2.95. The van der Waals surface area contributed by atoms with E-state index in [4.69, 9.17) is 4.42 Å². The number of phenols is 1. The Morgan fingerprint density at radius 2 is 2.17 bits per heavy atom. The van der Waals surface area contributed by atoms with Crippen molar-refractivity contribution in [2.24, 2.45) is 0 Å². The topological polar surface area (TPSA) is 92.3 Å². The van der Waals surface area contributed by atoms with Gasteiger partial charge in [-0.05, 0) is 52.7 Å². The first kappa shape index (κ1) is 20.3. The van der Waals surface area contributed by atoms with Crippen LogP contribution in [0.2, 0.25) is 0 Å². The molecule has 0 radical (unpaired) electrons. The lowest BCUT2D eigenvalue weighted by molar-refractivity contribution is -0.174. The number of furan rings is 1. The van der Waals surface area contributed by atoms with Gasteiger partial charge in [0.1, 0.15) is 17.3 Å². The number of benzene rings is 1. The summed E-state index contributed by atoms with van der Waals surface area (Å²) < 4.78 is 47.4. The zero-order chi connectivity index (χ0) is 21.6. The van der Waals surface area contributed by atoms with E-state index in [-0.39, 0.29) is 33.8 Å². The molecule has 2 unspecified atom stereocenters. The number of aromatic nitrogens is 2. The Bertz CT molecular complexity index is 1100. The van der Waals surface area contributed by atoms with E-state index in [0.717, 1.165) is 10.2 Å². The molecule has 3 heterocycles. The molecule has 1 aliphatic rings. The number of anilines is 2. The van der Waals surface area contributed by atoms with E-state index in [2.05, 4.69) is 31.7 Å². The number of hydrogen-bond acceptors (Lipinski definition) is 5. The Labute approximate surface area is 177 Å². The number of rotatable bonds is 3. The first-order valence-corrected chi connectivity index (χ1v) is 9.70. The minimum absolute atomic E-state index is 0.0172. The molecule has 0 fully saturated rings. The Morgan fingerprint density at radius 3 is 2.83 bits per heavy atom. The number of alkyl halides is 3. The number of hydrogen-bond donors (Lipinski definition) is 3. The minimum atomic E-state index is -4.59. The molecule has 2 aromatic heterocycles. The number of phenolic OH excluding ortho intramolecular Hbond substituents is 1. The normalized spacial score (nSPS) is 18.6. The summed E-state index contributed by atoms with van der Waals surface area (Å²) in [4.78, 5) is 12.7. The summed E-state index contributed by atoms with van der Waals surface area (Å²) in [6, 6.07) is 5.09. The number of carbonyl (C=O) groups is 1. The number of aryl methyl sites for hydroxylation is 1. The van der Waals surface area contributed by atoms with Crippen LogP contribution in [0.5, 0.6) is 5.75 Å². The van der Waals surface area contributed by atoms with Gasteiger partial charge in [0.15, 0.2) is 11.7 Å². The zero-order valence-corrected chi connectivity index (χ0v) is 17.1. The van der Waals surface area contributed by atoms with E-state index < -0.39 is 24.2 Å². The molecule has 11 heteroatoms. The molecule has 4 rings (SSSR count). The lowest BCUT2D eigenvalue weighted by Crippen LogP contribution is -2.35. The van der Waals surface area contributed by atoms with E-state index in [0.29, 0.717) is 5.76 Å². The summed E-state index contributed by atoms with van der Waals surface area (Å²) >= 11 is 3.20. The molecular weight excluding hydrogens is 469 g/mol. The third-order valence-corrected chi connectivity index (χ3v) is 5.55. The van der Waals surface area contributed by atoms with Gasteiger partial charge in [-0.3, -0.25) is 4.79 Å². The molecule has 1 aliphatic heterocycles. The molecule has 0 aliphatic carbocycles. The lowest BCUT2D eigenvalue weighted by atomic mass is 10.0. The molecule has 0 bridgehead atoms. The monoisotopic (exact) mass is 484 g/mol. The molecule has 0 saturated carbocycles. The molecule has 0 saturated heterocycles. The molecule has 3 aromatic rings. The van der Waals surface area contributed by atoms with Crippen molar-refractivity contribution in [3.8, 4) is 5.75 Å². The van der Waals surface area contributed by atoms with E-state index in [1.807, 2.05) is 0 Å². The van der Waals surface area contributed by atoms with Crippen molar-refractivity contribution in [3.05, 3.63) is 58.1 Å². The lowest BCUT2D eigenvalue weighted by Gasteiger charge is -2.32. The summed E-state index contributed by atoms with van der Waals surface area (Å²) in [5, 5.41) is 19.3. The highest BCUT2D eigenvalue weighted by Gasteiger charge is 2.48. The predicted molar refractivity (Wildman–Crippen MR) is 106 cm³/mol. The number of carbonyl (C=O) groups excluding carboxylic acids is 1. The Kier molecular flexibility index (Phi) is 5.00. The number of amides is 1. The molecule has 1 amide bonds. The number of nitrogens with one attached hydrogen (secondary N) is 2. The summed E-state index contributed by atoms with van der Waals surface area (Å²) in [7, 11) is 0. The molecule has 2 atom stereocenters. The highest BCUT2D eigenvalue weighted by Crippen LogP contribution is 2.46. The van der Waals surface area contributed by atoms with Gasteiger partial charge in [-0.1, -0.05) is 6.07 Å². The summed E-state index contributed by atoms with van der Waals surface area (Å²) in [5.74, 6) is -0.567. The highest BCUT2D eigenvalue weighted by molar-refractivity contribution is 9.10. The van der Waals surface area contributed by atoms with Gasteiger partial charge in [0.2, 0.25) is 0 Å². The SMILES string of the molecule is Cc1ccc(O)c(NC(=O)c2nn3c(c2Br)NC(c2ccco2)CC3C(F)(F)F)c1. The maximum atomic E-state index is 13.8. The van der Waals surface area contributed by atoms with Gasteiger partial charge in [-0.2, -0.15) is 18.3 Å². The van der Waals surface area contributed by atoms with Crippen LogP contribution in [0.1, 0.15) is 40.3 Å². The van der Waals surface area contributed by atoms with E-state index in [9.17, 15) is 23.1 Å². The van der Waals surface area contributed by atoms with E-state index in [1.54, 1.807) is 31.2 Å². The van der Waals surface area contributed by atoms with Crippen LogP contribution in [0.4, 0.5) is 24.7 Å². The second-order valence-corrected chi connectivity index (χ2v) is 7.73. The largest absolute Gasteiger partial charge is 0.506 e. The van der Waals surface area contributed by atoms with Crippen LogP contribution in [0.15, 0.2) is 45.5 Å². The van der Waals surface area contributed by atoms with Gasteiger partial charge in [0.05, 0.1) is 22.5 Å². The fourth-order valence-electron chi connectivity index (χ4n) is 3.34. The zero-order valence-electron chi connectivity index (χ0n) is 15.5. The molecule has 30 heavy (non-hydrogen) atoms. The first-order valence-electron chi connectivity index (χ1n) is 8.90. The van der Waals surface area contributed by atoms with Crippen molar-refractivity contribution in [2.75, 3.05) is 10.6 Å². The number of fused-ring (bicyclic) bond motifs is 1. The van der Waals surface area contributed by atoms with Crippen LogP contribution in [-0.4, -0.2) is 27.0 Å². The summed E-state index contributed by atoms with van der Waals surface area (Å²) in [6.45, 7) is 1.77. The van der Waals surface area contributed by atoms with Gasteiger partial charge in [-0.15, -0.1) is 0 Å². The van der Waals surface area contributed by atoms with Gasteiger partial charge in [0, 0.05) is 6.42 Å². The molecule has 1 aromatic carbocycles. The Morgan fingerprint density at radius 1 is 1.40 bits per heavy atom. The molecule has 0 spiro atoms. The minimum Gasteiger partial charge on any atom is -0.506 e. The highest BCUT2D eigenvalue weighted by atomic mass is 79.9. The number of halogens is 4. The van der Waals surface area contributed by atoms with Crippen LogP contribution >= 0.6 is 15.9 Å². The molecule has 7 nitrogen and oxygen atoms in total. The van der Waals surface area contributed by atoms with Crippen molar-refractivity contribution in [1.82, 2.24) is 9.78 Å². The van der Waals surface area contributed by atoms with Crippen LogP contribution in [0, 0.1) is 6.92 Å². The molecular formula is C19H16BrF3N4O3. The van der Waals surface area contributed by atoms with Crippen LogP contribution in [-0.2, 0) is 0 Å². The second-order valence-electron chi connectivity index (χ2n) is 6.94. The maximum Gasteiger partial charge on any atom is 0.410 e. The summed E-state index contributed by atoms with van der Waals surface area (Å²) in [6.07, 6.45) is -3.55. The number of nitrogens with zero attached hydrogens (tertiary/aromatic N) is 2. The van der Waals surface area contributed by atoms with Crippen molar-refractivity contribution < 1.29 is 27.5 Å². The molecule has 158 valence electrons. The third-order valence-electron chi connectivity index (χ3n) is 4.80. The van der Waals surface area contributed by atoms with Gasteiger partial charge in [-0.25, -0.2) is 4.68 Å². The van der Waals surface area contributed by atoms with Gasteiger partial charge < -0.3 is 20.2 Å². The van der Waals surface area contributed by atoms with E-state index in [1.165, 1.54) is 12.3 Å². The van der Waals surface area contributed by atoms with Gasteiger partial charge in [0.25, 0.3) is 5.91 Å². The maximum absolute atomic E-state index is 13.8. The third kappa shape index (κ3) is 3.64. The smallest absolute Gasteiger partial charge is 0.410 e. The number of aromatic hydroxyl groups is 1. The van der Waals surface area contributed by atoms with E-state index >= 15 is 0 Å². The van der Waals surface area contributed by atoms with Gasteiger partial charge >= 0.3 is 6.18 Å². The van der Waals surface area contributed by atoms with Crippen molar-refractivity contribution >= 4 is 33.3 Å². The quantitative estimate of drug-likeness (QED) is 0.446. The van der Waals surface area contributed by atoms with Crippen LogP contribution in [0.25, 0.3) is 0 Å². The average molecular weight is 485 g/mol. The van der Waals surface area contributed by atoms with Crippen molar-refractivity contribution in [3.63, 3.8) is 0 Å². The van der Waals surface area contributed by atoms with Crippen molar-refractivity contribution in [1.29, 1.82) is 0 Å². The fourth-order valence-corrected chi connectivity index (χ4v) is 3.90. The molecule has 3 N–H and O–H groups in total. The van der Waals surface area contributed by atoms with Crippen LogP contribution < -0.4 is 10.6 Å². The average Bonchev–Trinajstić information content (AvgIpc) is 3.32. The Balaban J connectivity index is 1.71. The van der Waals surface area contributed by atoms with Crippen LogP contribution in [0.3, 0.4) is 0 Å². The fraction of sp³-hybridized carbons (Fsp3) is 0.263. The standard InChI is InChI=1S/C19H16BrF3N4O3/c1-9-4-5-12(28)10(7-9)25-18(29)16-15(20)17-24-11(13-3-2-6-30-13)8-14(19(21,22)23)27(17)26-16/h2-7,11,14,24,28H,8H2,1H3,(H,25,29). The summed E-state index contributed by atoms with van der Waals surface area (Å²) in [5.41, 5.74) is 0.672. The second kappa shape index (κ2) is 7.38. The first-order chi connectivity index (χ1) is 14.1.